The summed E-state index contributed by atoms with van der Waals surface area (Å²) in [6, 6.07) is 11.5. The Balaban J connectivity index is 1.67. The van der Waals surface area contributed by atoms with E-state index in [2.05, 4.69) is 25.8 Å². The molecule has 2 heterocycles. The van der Waals surface area contributed by atoms with E-state index in [1.165, 1.54) is 0 Å². The second-order valence-electron chi connectivity index (χ2n) is 3.95. The normalized spacial score (nSPS) is 10.4. The van der Waals surface area contributed by atoms with Crippen LogP contribution in [0.4, 0.5) is 0 Å². The summed E-state index contributed by atoms with van der Waals surface area (Å²) < 4.78 is 0. The highest BCUT2D eigenvalue weighted by molar-refractivity contribution is 7.80. The van der Waals surface area contributed by atoms with Gasteiger partial charge in [0.1, 0.15) is 0 Å². The van der Waals surface area contributed by atoms with Crippen LogP contribution in [0.2, 0.25) is 0 Å². The van der Waals surface area contributed by atoms with Crippen LogP contribution >= 0.6 is 12.2 Å². The summed E-state index contributed by atoms with van der Waals surface area (Å²) in [5.41, 5.74) is 4.55. The number of hydrazone groups is 1. The molecule has 0 aromatic carbocycles. The summed E-state index contributed by atoms with van der Waals surface area (Å²) in [6.45, 7) is 0.710. The van der Waals surface area contributed by atoms with Crippen LogP contribution in [0.25, 0.3) is 0 Å². The number of pyridine rings is 2. The van der Waals surface area contributed by atoms with Crippen LogP contribution in [-0.2, 0) is 6.42 Å². The van der Waals surface area contributed by atoms with Gasteiger partial charge < -0.3 is 5.32 Å². The molecule has 2 aromatic heterocycles. The Morgan fingerprint density at radius 3 is 2.65 bits per heavy atom. The minimum Gasteiger partial charge on any atom is -0.361 e. The zero-order valence-corrected chi connectivity index (χ0v) is 11.7. The molecule has 0 unspecified atom stereocenters. The maximum atomic E-state index is 5.11. The number of hydrogen-bond acceptors (Lipinski definition) is 4. The molecule has 0 spiro atoms. The van der Waals surface area contributed by atoms with Gasteiger partial charge >= 0.3 is 0 Å². The minimum absolute atomic E-state index is 0.480. The first-order valence-electron chi connectivity index (χ1n) is 6.22. The molecular weight excluding hydrogens is 270 g/mol. The lowest BCUT2D eigenvalue weighted by Crippen LogP contribution is -2.33. The predicted octanol–water partition coefficient (Wildman–Crippen LogP) is 1.52. The smallest absolute Gasteiger partial charge is 0.186 e. The Morgan fingerprint density at radius 2 is 1.95 bits per heavy atom. The summed E-state index contributed by atoms with van der Waals surface area (Å²) >= 11 is 5.11. The van der Waals surface area contributed by atoms with Crippen LogP contribution in [-0.4, -0.2) is 27.8 Å². The first-order valence-corrected chi connectivity index (χ1v) is 6.63. The van der Waals surface area contributed by atoms with Gasteiger partial charge in [0.2, 0.25) is 0 Å². The number of rotatable bonds is 5. The lowest BCUT2D eigenvalue weighted by atomic mass is 10.3. The van der Waals surface area contributed by atoms with Gasteiger partial charge in [0.15, 0.2) is 5.11 Å². The second kappa shape index (κ2) is 7.96. The summed E-state index contributed by atoms with van der Waals surface area (Å²) in [5, 5.41) is 7.55. The molecular formula is C14H15N5S. The Kier molecular flexibility index (Phi) is 5.60. The fraction of sp³-hybridized carbons (Fsp3) is 0.143. The van der Waals surface area contributed by atoms with Gasteiger partial charge in [-0.1, -0.05) is 12.1 Å². The Labute approximate surface area is 123 Å². The van der Waals surface area contributed by atoms with Crippen molar-refractivity contribution in [1.82, 2.24) is 20.7 Å². The molecule has 0 bridgehead atoms. The van der Waals surface area contributed by atoms with Crippen molar-refractivity contribution in [3.63, 3.8) is 0 Å². The first kappa shape index (κ1) is 14.1. The largest absolute Gasteiger partial charge is 0.361 e. The fourth-order valence-corrected chi connectivity index (χ4v) is 1.65. The van der Waals surface area contributed by atoms with Gasteiger partial charge in [0, 0.05) is 31.1 Å². The standard InChI is InChI=1S/C14H15N5S/c20-14(17-10-7-12-5-1-3-8-15-12)19-18-11-13-6-2-4-9-16-13/h1-6,8-9,11H,7,10H2,(H2,17,19,20)/b18-11+. The number of thiocarbonyl (C=S) groups is 1. The zero-order valence-electron chi connectivity index (χ0n) is 10.9. The van der Waals surface area contributed by atoms with E-state index in [4.69, 9.17) is 12.2 Å². The molecule has 2 rings (SSSR count). The van der Waals surface area contributed by atoms with Crippen molar-refractivity contribution < 1.29 is 0 Å². The zero-order chi connectivity index (χ0) is 14.0. The third-order valence-corrected chi connectivity index (χ3v) is 2.68. The average molecular weight is 285 g/mol. The molecule has 0 saturated carbocycles. The lowest BCUT2D eigenvalue weighted by molar-refractivity contribution is 0.820. The molecule has 2 N–H and O–H groups in total. The first-order chi connectivity index (χ1) is 9.84. The van der Waals surface area contributed by atoms with Crippen LogP contribution in [0.3, 0.4) is 0 Å². The van der Waals surface area contributed by atoms with E-state index in [0.717, 1.165) is 17.8 Å². The molecule has 0 radical (unpaired) electrons. The van der Waals surface area contributed by atoms with Gasteiger partial charge in [-0.15, -0.1) is 0 Å². The molecule has 0 fully saturated rings. The summed E-state index contributed by atoms with van der Waals surface area (Å²) in [6.07, 6.45) is 5.92. The van der Waals surface area contributed by atoms with E-state index in [9.17, 15) is 0 Å². The molecule has 6 heteroatoms. The monoisotopic (exact) mass is 285 g/mol. The Morgan fingerprint density at radius 1 is 1.15 bits per heavy atom. The summed E-state index contributed by atoms with van der Waals surface area (Å²) in [4.78, 5) is 8.35. The molecule has 0 saturated heterocycles. The van der Waals surface area contributed by atoms with E-state index in [0.29, 0.717) is 11.7 Å². The second-order valence-corrected chi connectivity index (χ2v) is 4.36. The van der Waals surface area contributed by atoms with Gasteiger partial charge in [-0.3, -0.25) is 15.4 Å². The molecule has 5 nitrogen and oxygen atoms in total. The van der Waals surface area contributed by atoms with Gasteiger partial charge in [-0.05, 0) is 36.5 Å². The topological polar surface area (TPSA) is 62.2 Å². The highest BCUT2D eigenvalue weighted by Crippen LogP contribution is 1.93. The lowest BCUT2D eigenvalue weighted by Gasteiger charge is -2.06. The van der Waals surface area contributed by atoms with Gasteiger partial charge in [0.05, 0.1) is 11.9 Å². The maximum Gasteiger partial charge on any atom is 0.186 e. The van der Waals surface area contributed by atoms with Crippen molar-refractivity contribution in [3.8, 4) is 0 Å². The number of hydrogen-bond donors (Lipinski definition) is 2. The molecule has 0 aliphatic rings. The minimum atomic E-state index is 0.480. The van der Waals surface area contributed by atoms with E-state index in [-0.39, 0.29) is 0 Å². The molecule has 2 aromatic rings. The third kappa shape index (κ3) is 5.11. The molecule has 0 atom stereocenters. The highest BCUT2D eigenvalue weighted by Gasteiger charge is 1.95. The van der Waals surface area contributed by atoms with Crippen molar-refractivity contribution in [3.05, 3.63) is 60.2 Å². The molecule has 20 heavy (non-hydrogen) atoms. The van der Waals surface area contributed by atoms with Crippen molar-refractivity contribution in [2.75, 3.05) is 6.54 Å². The Hall–Kier alpha value is -2.34. The van der Waals surface area contributed by atoms with E-state index >= 15 is 0 Å². The highest BCUT2D eigenvalue weighted by atomic mass is 32.1. The van der Waals surface area contributed by atoms with Crippen molar-refractivity contribution in [2.45, 2.75) is 6.42 Å². The average Bonchev–Trinajstić information content (AvgIpc) is 2.49. The predicted molar refractivity (Wildman–Crippen MR) is 83.5 cm³/mol. The maximum absolute atomic E-state index is 5.11. The number of nitrogens with zero attached hydrogens (tertiary/aromatic N) is 3. The quantitative estimate of drug-likeness (QED) is 0.495. The van der Waals surface area contributed by atoms with Crippen LogP contribution in [0.15, 0.2) is 53.9 Å². The number of aromatic nitrogens is 2. The van der Waals surface area contributed by atoms with Crippen LogP contribution in [0, 0.1) is 0 Å². The van der Waals surface area contributed by atoms with Crippen LogP contribution in [0.5, 0.6) is 0 Å². The molecule has 0 aliphatic carbocycles. The van der Waals surface area contributed by atoms with Gasteiger partial charge in [-0.2, -0.15) is 5.10 Å². The van der Waals surface area contributed by atoms with E-state index in [1.54, 1.807) is 18.6 Å². The summed E-state index contributed by atoms with van der Waals surface area (Å²) in [7, 11) is 0. The summed E-state index contributed by atoms with van der Waals surface area (Å²) in [5.74, 6) is 0. The van der Waals surface area contributed by atoms with Crippen molar-refractivity contribution in [2.24, 2.45) is 5.10 Å². The molecule has 0 aliphatic heterocycles. The van der Waals surface area contributed by atoms with Crippen molar-refractivity contribution >= 4 is 23.5 Å². The SMILES string of the molecule is S=C(NCCc1ccccn1)N/N=C/c1ccccn1. The Bertz CT molecular complexity index is 556. The third-order valence-electron chi connectivity index (χ3n) is 2.44. The van der Waals surface area contributed by atoms with Crippen molar-refractivity contribution in [1.29, 1.82) is 0 Å². The molecule has 0 amide bonds. The van der Waals surface area contributed by atoms with E-state index < -0.39 is 0 Å². The fourth-order valence-electron chi connectivity index (χ4n) is 1.50. The van der Waals surface area contributed by atoms with Crippen LogP contribution in [0.1, 0.15) is 11.4 Å². The van der Waals surface area contributed by atoms with E-state index in [1.807, 2.05) is 36.4 Å². The van der Waals surface area contributed by atoms with Crippen LogP contribution < -0.4 is 10.7 Å². The number of nitrogens with one attached hydrogen (secondary N) is 2. The molecule has 102 valence electrons. The van der Waals surface area contributed by atoms with Gasteiger partial charge in [0.25, 0.3) is 0 Å². The van der Waals surface area contributed by atoms with Gasteiger partial charge in [-0.25, -0.2) is 0 Å².